The number of anilines is 1. The van der Waals surface area contributed by atoms with Gasteiger partial charge in [0.05, 0.1) is 19.3 Å². The van der Waals surface area contributed by atoms with E-state index in [0.717, 1.165) is 32.0 Å². The Kier molecular flexibility index (Phi) is 3.31. The molecule has 0 radical (unpaired) electrons. The first-order valence-corrected chi connectivity index (χ1v) is 5.52. The minimum absolute atomic E-state index is 0.145. The highest BCUT2D eigenvalue weighted by molar-refractivity contribution is 5.53. The maximum absolute atomic E-state index is 9.60. The molecule has 2 N–H and O–H groups in total. The fourth-order valence-electron chi connectivity index (χ4n) is 1.89. The zero-order valence-electron chi connectivity index (χ0n) is 9.39. The topological polar surface area (TPSA) is 52.9 Å². The van der Waals surface area contributed by atoms with Gasteiger partial charge >= 0.3 is 0 Å². The first-order valence-electron chi connectivity index (χ1n) is 5.52. The fraction of sp³-hybridized carbons (Fsp3) is 0.500. The van der Waals surface area contributed by atoms with E-state index in [1.165, 1.54) is 0 Å². The van der Waals surface area contributed by atoms with Gasteiger partial charge in [0.2, 0.25) is 0 Å². The normalized spacial score (nSPS) is 18.5. The summed E-state index contributed by atoms with van der Waals surface area (Å²) in [5.74, 6) is 0.145. The van der Waals surface area contributed by atoms with Gasteiger partial charge in [-0.25, -0.2) is 0 Å². The van der Waals surface area contributed by atoms with E-state index >= 15 is 0 Å². The fourth-order valence-corrected chi connectivity index (χ4v) is 1.89. The number of ether oxygens (including phenoxy) is 1. The maximum atomic E-state index is 9.60. The number of phenols is 1. The van der Waals surface area contributed by atoms with Crippen LogP contribution in [0.5, 0.6) is 5.75 Å². The third-order valence-corrected chi connectivity index (χ3v) is 2.84. The van der Waals surface area contributed by atoms with Crippen molar-refractivity contribution >= 4 is 5.69 Å². The highest BCUT2D eigenvalue weighted by Gasteiger charge is 2.14. The molecule has 1 aromatic carbocycles. The van der Waals surface area contributed by atoms with Gasteiger partial charge in [-0.1, -0.05) is 0 Å². The molecule has 16 heavy (non-hydrogen) atoms. The molecule has 0 amide bonds. The monoisotopic (exact) mass is 223 g/mol. The number of nitrogens with zero attached hydrogens (tertiary/aromatic N) is 1. The van der Waals surface area contributed by atoms with Gasteiger partial charge in [0.1, 0.15) is 5.75 Å². The lowest BCUT2D eigenvalue weighted by molar-refractivity contribution is 0.122. The number of phenolic OH excluding ortho intramolecular Hbond substituents is 1. The Labute approximate surface area is 95.1 Å². The minimum atomic E-state index is -0.652. The average molecular weight is 223 g/mol. The van der Waals surface area contributed by atoms with Crippen LogP contribution >= 0.6 is 0 Å². The van der Waals surface area contributed by atoms with Crippen LogP contribution in [0.1, 0.15) is 18.6 Å². The Bertz CT molecular complexity index is 359. The van der Waals surface area contributed by atoms with Crippen LogP contribution in [0.25, 0.3) is 0 Å². The Balaban J connectivity index is 2.24. The van der Waals surface area contributed by atoms with Crippen molar-refractivity contribution in [3.63, 3.8) is 0 Å². The molecule has 1 saturated heterocycles. The van der Waals surface area contributed by atoms with Gasteiger partial charge < -0.3 is 19.8 Å². The molecule has 1 heterocycles. The number of aromatic hydroxyl groups is 1. The first-order chi connectivity index (χ1) is 7.68. The third-order valence-electron chi connectivity index (χ3n) is 2.84. The van der Waals surface area contributed by atoms with Gasteiger partial charge in [0.25, 0.3) is 0 Å². The van der Waals surface area contributed by atoms with E-state index < -0.39 is 6.10 Å². The highest BCUT2D eigenvalue weighted by Crippen LogP contribution is 2.29. The van der Waals surface area contributed by atoms with Crippen molar-refractivity contribution in [2.45, 2.75) is 13.0 Å². The molecular formula is C12H17NO3. The van der Waals surface area contributed by atoms with Crippen LogP contribution in [-0.4, -0.2) is 36.5 Å². The minimum Gasteiger partial charge on any atom is -0.508 e. The van der Waals surface area contributed by atoms with Crippen molar-refractivity contribution in [1.82, 2.24) is 0 Å². The van der Waals surface area contributed by atoms with Crippen molar-refractivity contribution in [1.29, 1.82) is 0 Å². The molecule has 4 nitrogen and oxygen atoms in total. The molecule has 1 fully saturated rings. The number of hydrogen-bond donors (Lipinski definition) is 2. The molecule has 0 saturated carbocycles. The number of morpholine rings is 1. The predicted molar refractivity (Wildman–Crippen MR) is 61.8 cm³/mol. The molecule has 0 spiro atoms. The van der Waals surface area contributed by atoms with Gasteiger partial charge in [-0.3, -0.25) is 0 Å². The summed E-state index contributed by atoms with van der Waals surface area (Å²) >= 11 is 0. The Morgan fingerprint density at radius 1 is 1.31 bits per heavy atom. The summed E-state index contributed by atoms with van der Waals surface area (Å²) < 4.78 is 5.28. The van der Waals surface area contributed by atoms with E-state index in [-0.39, 0.29) is 5.75 Å². The molecule has 0 bridgehead atoms. The van der Waals surface area contributed by atoms with Crippen molar-refractivity contribution in [3.05, 3.63) is 23.8 Å². The van der Waals surface area contributed by atoms with Gasteiger partial charge in [0, 0.05) is 24.3 Å². The largest absolute Gasteiger partial charge is 0.508 e. The lowest BCUT2D eigenvalue weighted by atomic mass is 10.1. The lowest BCUT2D eigenvalue weighted by Gasteiger charge is -2.29. The average Bonchev–Trinajstić information content (AvgIpc) is 2.30. The zero-order valence-corrected chi connectivity index (χ0v) is 9.39. The standard InChI is InChI=1S/C12H17NO3/c1-9(14)11-8-10(2-3-12(11)15)13-4-6-16-7-5-13/h2-3,8-9,14-15H,4-7H2,1H3. The van der Waals surface area contributed by atoms with Crippen LogP contribution in [-0.2, 0) is 4.74 Å². The van der Waals surface area contributed by atoms with Crippen molar-refractivity contribution in [2.24, 2.45) is 0 Å². The number of hydrogen-bond acceptors (Lipinski definition) is 4. The van der Waals surface area contributed by atoms with Crippen LogP contribution in [0.15, 0.2) is 18.2 Å². The second-order valence-electron chi connectivity index (χ2n) is 4.02. The summed E-state index contributed by atoms with van der Waals surface area (Å²) in [5, 5.41) is 19.1. The molecular weight excluding hydrogens is 206 g/mol. The molecule has 1 unspecified atom stereocenters. The highest BCUT2D eigenvalue weighted by atomic mass is 16.5. The number of benzene rings is 1. The number of aliphatic hydroxyl groups is 1. The van der Waals surface area contributed by atoms with Crippen LogP contribution in [0.2, 0.25) is 0 Å². The predicted octanol–water partition coefficient (Wildman–Crippen LogP) is 1.28. The van der Waals surface area contributed by atoms with Gasteiger partial charge in [-0.05, 0) is 25.1 Å². The Hall–Kier alpha value is -1.26. The molecule has 1 aliphatic heterocycles. The van der Waals surface area contributed by atoms with Crippen LogP contribution in [0.4, 0.5) is 5.69 Å². The maximum Gasteiger partial charge on any atom is 0.121 e. The van der Waals surface area contributed by atoms with E-state index in [1.807, 2.05) is 12.1 Å². The molecule has 88 valence electrons. The number of aliphatic hydroxyl groups excluding tert-OH is 1. The summed E-state index contributed by atoms with van der Waals surface area (Å²) in [6.07, 6.45) is -0.652. The lowest BCUT2D eigenvalue weighted by Crippen LogP contribution is -2.36. The van der Waals surface area contributed by atoms with Crippen LogP contribution < -0.4 is 4.90 Å². The van der Waals surface area contributed by atoms with Crippen molar-refractivity contribution < 1.29 is 14.9 Å². The molecule has 1 atom stereocenters. The third kappa shape index (κ3) is 2.28. The van der Waals surface area contributed by atoms with Gasteiger partial charge in [-0.15, -0.1) is 0 Å². The summed E-state index contributed by atoms with van der Waals surface area (Å²) in [7, 11) is 0. The molecule has 0 aromatic heterocycles. The summed E-state index contributed by atoms with van der Waals surface area (Å²) in [4.78, 5) is 2.19. The summed E-state index contributed by atoms with van der Waals surface area (Å²) in [6, 6.07) is 5.34. The second kappa shape index (κ2) is 4.72. The Morgan fingerprint density at radius 3 is 2.62 bits per heavy atom. The van der Waals surface area contributed by atoms with Crippen molar-refractivity contribution in [3.8, 4) is 5.75 Å². The van der Waals surface area contributed by atoms with Crippen molar-refractivity contribution in [2.75, 3.05) is 31.2 Å². The van der Waals surface area contributed by atoms with E-state index in [2.05, 4.69) is 4.90 Å². The van der Waals surface area contributed by atoms with E-state index in [0.29, 0.717) is 5.56 Å². The quantitative estimate of drug-likeness (QED) is 0.793. The number of rotatable bonds is 2. The smallest absolute Gasteiger partial charge is 0.121 e. The van der Waals surface area contributed by atoms with Gasteiger partial charge in [-0.2, -0.15) is 0 Å². The molecule has 2 rings (SSSR count). The Morgan fingerprint density at radius 2 is 2.00 bits per heavy atom. The molecule has 0 aliphatic carbocycles. The van der Waals surface area contributed by atoms with E-state index in [1.54, 1.807) is 13.0 Å². The molecule has 4 heteroatoms. The molecule has 1 aliphatic rings. The zero-order chi connectivity index (χ0) is 11.5. The van der Waals surface area contributed by atoms with E-state index in [9.17, 15) is 10.2 Å². The van der Waals surface area contributed by atoms with Crippen LogP contribution in [0.3, 0.4) is 0 Å². The van der Waals surface area contributed by atoms with E-state index in [4.69, 9.17) is 4.74 Å². The van der Waals surface area contributed by atoms with Crippen LogP contribution in [0, 0.1) is 0 Å². The molecule has 1 aromatic rings. The van der Waals surface area contributed by atoms with Gasteiger partial charge in [0.15, 0.2) is 0 Å². The SMILES string of the molecule is CC(O)c1cc(N2CCOCC2)ccc1O. The summed E-state index contributed by atoms with van der Waals surface area (Å²) in [5.41, 5.74) is 1.60. The summed E-state index contributed by atoms with van der Waals surface area (Å²) in [6.45, 7) is 4.81. The first kappa shape index (κ1) is 11.2. The second-order valence-corrected chi connectivity index (χ2v) is 4.02.